The first kappa shape index (κ1) is 14.6. The number of aliphatic hydroxyl groups excluding tert-OH is 1. The van der Waals surface area contributed by atoms with Gasteiger partial charge < -0.3 is 15.2 Å². The van der Waals surface area contributed by atoms with Crippen LogP contribution in [0.2, 0.25) is 0 Å². The van der Waals surface area contributed by atoms with Crippen molar-refractivity contribution in [3.05, 3.63) is 65.2 Å². The Balaban J connectivity index is 1.61. The molecule has 4 heteroatoms. The number of rotatable bonds is 4. The van der Waals surface area contributed by atoms with Crippen molar-refractivity contribution in [1.29, 1.82) is 0 Å². The van der Waals surface area contributed by atoms with Gasteiger partial charge in [-0.05, 0) is 35.2 Å². The molecule has 1 aliphatic rings. The number of methoxy groups -OCH3 is 1. The predicted octanol–water partition coefficient (Wildman–Crippen LogP) is 2.01. The smallest absolute Gasteiger partial charge is 0.224 e. The van der Waals surface area contributed by atoms with Crippen LogP contribution < -0.4 is 10.1 Å². The summed E-state index contributed by atoms with van der Waals surface area (Å²) in [5.74, 6) is 0.688. The highest BCUT2D eigenvalue weighted by Crippen LogP contribution is 2.31. The molecule has 0 aliphatic heterocycles. The van der Waals surface area contributed by atoms with Gasteiger partial charge in [-0.3, -0.25) is 4.79 Å². The third kappa shape index (κ3) is 2.97. The van der Waals surface area contributed by atoms with Crippen LogP contribution in [0.25, 0.3) is 0 Å². The summed E-state index contributed by atoms with van der Waals surface area (Å²) in [5.41, 5.74) is 2.94. The number of carbonyl (C=O) groups excluding carboxylic acids is 1. The first-order chi connectivity index (χ1) is 10.7. The standard InChI is InChI=1S/C18H19NO3/c1-22-14-8-6-12(7-9-14)10-17(20)19-16-11-13-4-2-3-5-15(13)18(16)21/h2-9,16,18,21H,10-11H2,1H3,(H,19,20)/t16-,18+/m0/s1. The highest BCUT2D eigenvalue weighted by atomic mass is 16.5. The summed E-state index contributed by atoms with van der Waals surface area (Å²) in [6, 6.07) is 14.9. The van der Waals surface area contributed by atoms with E-state index in [4.69, 9.17) is 4.74 Å². The lowest BCUT2D eigenvalue weighted by Crippen LogP contribution is -2.38. The summed E-state index contributed by atoms with van der Waals surface area (Å²) in [6.07, 6.45) is 0.339. The lowest BCUT2D eigenvalue weighted by atomic mass is 10.1. The topological polar surface area (TPSA) is 58.6 Å². The molecule has 1 amide bonds. The summed E-state index contributed by atoms with van der Waals surface area (Å²) in [4.78, 5) is 12.2. The molecule has 0 saturated carbocycles. The second-order valence-corrected chi connectivity index (χ2v) is 5.55. The summed E-state index contributed by atoms with van der Waals surface area (Å²) < 4.78 is 5.10. The van der Waals surface area contributed by atoms with Gasteiger partial charge in [0.1, 0.15) is 5.75 Å². The minimum atomic E-state index is -0.629. The van der Waals surface area contributed by atoms with Gasteiger partial charge in [0.2, 0.25) is 5.91 Å². The number of nitrogens with one attached hydrogen (secondary N) is 1. The number of amides is 1. The molecule has 0 unspecified atom stereocenters. The van der Waals surface area contributed by atoms with Crippen LogP contribution in [0.5, 0.6) is 5.75 Å². The van der Waals surface area contributed by atoms with Crippen LogP contribution >= 0.6 is 0 Å². The van der Waals surface area contributed by atoms with Crippen molar-refractivity contribution < 1.29 is 14.6 Å². The van der Waals surface area contributed by atoms with Gasteiger partial charge in [-0.2, -0.15) is 0 Å². The highest BCUT2D eigenvalue weighted by molar-refractivity contribution is 5.79. The molecule has 22 heavy (non-hydrogen) atoms. The minimum Gasteiger partial charge on any atom is -0.497 e. The molecule has 2 aromatic rings. The molecule has 4 nitrogen and oxygen atoms in total. The lowest BCUT2D eigenvalue weighted by Gasteiger charge is -2.17. The van der Waals surface area contributed by atoms with E-state index in [0.29, 0.717) is 12.8 Å². The molecule has 0 heterocycles. The summed E-state index contributed by atoms with van der Waals surface area (Å²) in [5, 5.41) is 13.2. The Kier molecular flexibility index (Phi) is 4.11. The zero-order valence-electron chi connectivity index (χ0n) is 12.5. The van der Waals surface area contributed by atoms with E-state index in [1.165, 1.54) is 0 Å². The molecule has 0 saturated heterocycles. The van der Waals surface area contributed by atoms with Crippen molar-refractivity contribution in [1.82, 2.24) is 5.32 Å². The second-order valence-electron chi connectivity index (χ2n) is 5.55. The Morgan fingerprint density at radius 3 is 2.64 bits per heavy atom. The van der Waals surface area contributed by atoms with E-state index in [9.17, 15) is 9.90 Å². The first-order valence-corrected chi connectivity index (χ1v) is 7.35. The van der Waals surface area contributed by atoms with Crippen LogP contribution in [0.3, 0.4) is 0 Å². The highest BCUT2D eigenvalue weighted by Gasteiger charge is 2.31. The third-order valence-corrected chi connectivity index (χ3v) is 4.06. The SMILES string of the molecule is COc1ccc(CC(=O)N[C@H]2Cc3ccccc3[C@H]2O)cc1. The van der Waals surface area contributed by atoms with Gasteiger partial charge in [0.25, 0.3) is 0 Å². The summed E-state index contributed by atoms with van der Waals surface area (Å²) >= 11 is 0. The molecule has 0 spiro atoms. The molecule has 2 aromatic carbocycles. The van der Waals surface area contributed by atoms with E-state index in [1.807, 2.05) is 48.5 Å². The van der Waals surface area contributed by atoms with Crippen LogP contribution in [0.1, 0.15) is 22.8 Å². The largest absolute Gasteiger partial charge is 0.497 e. The maximum atomic E-state index is 12.2. The van der Waals surface area contributed by atoms with Crippen molar-refractivity contribution in [3.8, 4) is 5.75 Å². The number of hydrogen-bond acceptors (Lipinski definition) is 3. The second kappa shape index (κ2) is 6.20. The van der Waals surface area contributed by atoms with Crippen molar-refractivity contribution in [2.75, 3.05) is 7.11 Å². The van der Waals surface area contributed by atoms with Gasteiger partial charge in [-0.15, -0.1) is 0 Å². The average Bonchev–Trinajstić information content (AvgIpc) is 2.84. The molecule has 1 aliphatic carbocycles. The van der Waals surface area contributed by atoms with Gasteiger partial charge in [-0.1, -0.05) is 36.4 Å². The number of fused-ring (bicyclic) bond motifs is 1. The zero-order chi connectivity index (χ0) is 15.5. The van der Waals surface area contributed by atoms with Crippen LogP contribution in [-0.4, -0.2) is 24.2 Å². The van der Waals surface area contributed by atoms with E-state index in [-0.39, 0.29) is 11.9 Å². The quantitative estimate of drug-likeness (QED) is 0.907. The summed E-state index contributed by atoms with van der Waals surface area (Å²) in [7, 11) is 1.61. The lowest BCUT2D eigenvalue weighted by molar-refractivity contribution is -0.121. The first-order valence-electron chi connectivity index (χ1n) is 7.35. The van der Waals surface area contributed by atoms with Gasteiger partial charge in [-0.25, -0.2) is 0 Å². The van der Waals surface area contributed by atoms with Crippen molar-refractivity contribution in [2.45, 2.75) is 25.0 Å². The summed E-state index contributed by atoms with van der Waals surface area (Å²) in [6.45, 7) is 0. The molecule has 3 rings (SSSR count). The van der Waals surface area contributed by atoms with Crippen molar-refractivity contribution in [2.24, 2.45) is 0 Å². The Morgan fingerprint density at radius 1 is 1.23 bits per heavy atom. The van der Waals surface area contributed by atoms with Crippen LogP contribution in [0.15, 0.2) is 48.5 Å². The van der Waals surface area contributed by atoms with E-state index in [1.54, 1.807) is 7.11 Å². The maximum absolute atomic E-state index is 12.2. The van der Waals surface area contributed by atoms with Gasteiger partial charge >= 0.3 is 0 Å². The van der Waals surface area contributed by atoms with Gasteiger partial charge in [0.15, 0.2) is 0 Å². The molecule has 0 aromatic heterocycles. The molecule has 0 radical (unpaired) electrons. The van der Waals surface area contributed by atoms with E-state index >= 15 is 0 Å². The van der Waals surface area contributed by atoms with Gasteiger partial charge in [0.05, 0.1) is 25.7 Å². The van der Waals surface area contributed by atoms with Gasteiger partial charge in [0, 0.05) is 0 Å². The fourth-order valence-electron chi connectivity index (χ4n) is 2.89. The Hall–Kier alpha value is -2.33. The monoisotopic (exact) mass is 297 g/mol. The number of carbonyl (C=O) groups is 1. The molecule has 2 N–H and O–H groups in total. The predicted molar refractivity (Wildman–Crippen MR) is 83.7 cm³/mol. The van der Waals surface area contributed by atoms with E-state index in [0.717, 1.165) is 22.4 Å². The van der Waals surface area contributed by atoms with E-state index in [2.05, 4.69) is 5.32 Å². The third-order valence-electron chi connectivity index (χ3n) is 4.06. The molecule has 0 fully saturated rings. The molecule has 2 atom stereocenters. The number of ether oxygens (including phenoxy) is 1. The molecular formula is C18H19NO3. The molecular weight excluding hydrogens is 278 g/mol. The Morgan fingerprint density at radius 2 is 1.95 bits per heavy atom. The van der Waals surface area contributed by atoms with Crippen LogP contribution in [-0.2, 0) is 17.6 Å². The molecule has 0 bridgehead atoms. The Bertz CT molecular complexity index is 666. The zero-order valence-corrected chi connectivity index (χ0v) is 12.5. The maximum Gasteiger partial charge on any atom is 0.224 e. The fraction of sp³-hybridized carbons (Fsp3) is 0.278. The number of hydrogen-bond donors (Lipinski definition) is 2. The fourth-order valence-corrected chi connectivity index (χ4v) is 2.89. The normalized spacial score (nSPS) is 19.5. The Labute approximate surface area is 129 Å². The minimum absolute atomic E-state index is 0.0815. The number of benzene rings is 2. The van der Waals surface area contributed by atoms with Crippen LogP contribution in [0, 0.1) is 0 Å². The molecule has 114 valence electrons. The van der Waals surface area contributed by atoms with E-state index < -0.39 is 6.10 Å². The van der Waals surface area contributed by atoms with Crippen LogP contribution in [0.4, 0.5) is 0 Å². The van der Waals surface area contributed by atoms with Crippen molar-refractivity contribution >= 4 is 5.91 Å². The average molecular weight is 297 g/mol. The number of aliphatic hydroxyl groups is 1. The van der Waals surface area contributed by atoms with Crippen molar-refractivity contribution in [3.63, 3.8) is 0 Å².